The van der Waals surface area contributed by atoms with Gasteiger partial charge in [0.05, 0.1) is 12.8 Å². The third kappa shape index (κ3) is 1.77. The molecule has 0 unspecified atom stereocenters. The molecule has 2 aromatic rings. The largest absolute Gasteiger partial charge is 0.495 e. The van der Waals surface area contributed by atoms with Gasteiger partial charge in [-0.3, -0.25) is 0 Å². The topological polar surface area (TPSA) is 61.1 Å². The minimum atomic E-state index is -0.223. The monoisotopic (exact) mass is 234 g/mol. The first-order valence-corrected chi connectivity index (χ1v) is 5.16. The molecule has 0 saturated carbocycles. The number of rotatable bonds is 3. The Kier molecular flexibility index (Phi) is 2.86. The summed E-state index contributed by atoms with van der Waals surface area (Å²) in [6.07, 6.45) is 0. The van der Waals surface area contributed by atoms with Gasteiger partial charge in [0.15, 0.2) is 0 Å². The molecule has 1 aromatic carbocycles. The summed E-state index contributed by atoms with van der Waals surface area (Å²) in [7, 11) is 4.89. The Morgan fingerprint density at radius 1 is 1.35 bits per heavy atom. The first kappa shape index (κ1) is 11.3. The Bertz CT molecular complexity index is 585. The molecule has 6 nitrogen and oxygen atoms in total. The Morgan fingerprint density at radius 3 is 2.71 bits per heavy atom. The molecule has 2 rings (SSSR count). The lowest BCUT2D eigenvalue weighted by molar-refractivity contribution is 0.412. The van der Waals surface area contributed by atoms with Crippen molar-refractivity contribution in [3.8, 4) is 11.4 Å². The van der Waals surface area contributed by atoms with Crippen LogP contribution < -0.4 is 15.7 Å². The maximum absolute atomic E-state index is 12.0. The maximum Gasteiger partial charge on any atom is 0.351 e. The van der Waals surface area contributed by atoms with Gasteiger partial charge in [0.1, 0.15) is 5.75 Å². The highest BCUT2D eigenvalue weighted by Gasteiger charge is 2.14. The lowest BCUT2D eigenvalue weighted by atomic mass is 10.3. The van der Waals surface area contributed by atoms with E-state index in [4.69, 9.17) is 4.74 Å². The molecule has 6 heteroatoms. The van der Waals surface area contributed by atoms with Crippen molar-refractivity contribution in [1.82, 2.24) is 14.3 Å². The molecule has 0 aliphatic rings. The molecule has 90 valence electrons. The third-order valence-electron chi connectivity index (χ3n) is 2.47. The van der Waals surface area contributed by atoms with Crippen LogP contribution in [0.4, 0.5) is 5.95 Å². The van der Waals surface area contributed by atoms with Crippen LogP contribution in [-0.2, 0) is 7.05 Å². The Labute approximate surface area is 98.4 Å². The Balaban J connectivity index is 2.72. The van der Waals surface area contributed by atoms with Gasteiger partial charge in [0.25, 0.3) is 0 Å². The summed E-state index contributed by atoms with van der Waals surface area (Å²) in [6, 6.07) is 7.30. The van der Waals surface area contributed by atoms with Gasteiger partial charge in [0, 0.05) is 14.1 Å². The summed E-state index contributed by atoms with van der Waals surface area (Å²) in [5, 5.41) is 6.96. The van der Waals surface area contributed by atoms with Crippen molar-refractivity contribution < 1.29 is 4.74 Å². The summed E-state index contributed by atoms with van der Waals surface area (Å²) < 4.78 is 7.99. The molecule has 0 aliphatic heterocycles. The Hall–Kier alpha value is -2.24. The van der Waals surface area contributed by atoms with Gasteiger partial charge in [-0.2, -0.15) is 0 Å². The average Bonchev–Trinajstić information content (AvgIpc) is 2.65. The van der Waals surface area contributed by atoms with Crippen molar-refractivity contribution in [2.45, 2.75) is 0 Å². The summed E-state index contributed by atoms with van der Waals surface area (Å²) >= 11 is 0. The molecular weight excluding hydrogens is 220 g/mol. The number of para-hydroxylation sites is 2. The molecule has 0 bridgehead atoms. The van der Waals surface area contributed by atoms with Crippen molar-refractivity contribution in [1.29, 1.82) is 0 Å². The number of hydrogen-bond donors (Lipinski definition) is 1. The fourth-order valence-electron chi connectivity index (χ4n) is 1.66. The number of ether oxygens (including phenoxy) is 1. The highest BCUT2D eigenvalue weighted by atomic mass is 16.5. The second-order valence-electron chi connectivity index (χ2n) is 3.49. The lowest BCUT2D eigenvalue weighted by Crippen LogP contribution is -2.22. The zero-order chi connectivity index (χ0) is 12.4. The van der Waals surface area contributed by atoms with E-state index in [1.807, 2.05) is 18.2 Å². The van der Waals surface area contributed by atoms with Crippen molar-refractivity contribution in [3.63, 3.8) is 0 Å². The van der Waals surface area contributed by atoms with Crippen molar-refractivity contribution in [2.75, 3.05) is 19.5 Å². The molecule has 0 saturated heterocycles. The molecule has 0 fully saturated rings. The zero-order valence-corrected chi connectivity index (χ0v) is 9.97. The number of hydrogen-bond acceptors (Lipinski definition) is 4. The van der Waals surface area contributed by atoms with E-state index in [1.165, 1.54) is 9.25 Å². The van der Waals surface area contributed by atoms with E-state index in [2.05, 4.69) is 10.4 Å². The molecule has 1 aromatic heterocycles. The van der Waals surface area contributed by atoms with E-state index in [0.29, 0.717) is 17.4 Å². The first-order chi connectivity index (χ1) is 8.19. The van der Waals surface area contributed by atoms with E-state index in [1.54, 1.807) is 27.3 Å². The van der Waals surface area contributed by atoms with Crippen LogP contribution in [0.15, 0.2) is 29.1 Å². The summed E-state index contributed by atoms with van der Waals surface area (Å²) in [6.45, 7) is 0. The molecule has 1 N–H and O–H groups in total. The first-order valence-electron chi connectivity index (χ1n) is 5.16. The van der Waals surface area contributed by atoms with Gasteiger partial charge < -0.3 is 10.1 Å². The minimum Gasteiger partial charge on any atom is -0.495 e. The quantitative estimate of drug-likeness (QED) is 0.845. The zero-order valence-electron chi connectivity index (χ0n) is 9.97. The summed E-state index contributed by atoms with van der Waals surface area (Å²) in [5.74, 6) is 1.10. The van der Waals surface area contributed by atoms with Crippen LogP contribution in [0, 0.1) is 0 Å². The van der Waals surface area contributed by atoms with Crippen LogP contribution in [0.3, 0.4) is 0 Å². The summed E-state index contributed by atoms with van der Waals surface area (Å²) in [4.78, 5) is 12.0. The second-order valence-corrected chi connectivity index (χ2v) is 3.49. The normalized spacial score (nSPS) is 10.3. The van der Waals surface area contributed by atoms with E-state index >= 15 is 0 Å². The predicted molar refractivity (Wildman–Crippen MR) is 64.9 cm³/mol. The van der Waals surface area contributed by atoms with Crippen LogP contribution in [-0.4, -0.2) is 28.5 Å². The number of aryl methyl sites for hydroxylation is 1. The average molecular weight is 234 g/mol. The van der Waals surface area contributed by atoms with Crippen LogP contribution in [0.5, 0.6) is 5.75 Å². The third-order valence-corrected chi connectivity index (χ3v) is 2.47. The predicted octanol–water partition coefficient (Wildman–Crippen LogP) is 0.621. The van der Waals surface area contributed by atoms with Crippen molar-refractivity contribution >= 4 is 5.95 Å². The molecular formula is C11H14N4O2. The number of methoxy groups -OCH3 is 1. The minimum absolute atomic E-state index is 0.223. The molecule has 0 atom stereocenters. The second kappa shape index (κ2) is 4.32. The molecule has 0 radical (unpaired) electrons. The summed E-state index contributed by atoms with van der Waals surface area (Å²) in [5.41, 5.74) is 0.441. The molecule has 0 aliphatic carbocycles. The number of aromatic nitrogens is 3. The standard InChI is InChI=1S/C11H14N4O2/c1-12-10-13-14(2)11(16)15(10)8-6-4-5-7-9(8)17-3/h4-7H,1-3H3,(H,12,13). The van der Waals surface area contributed by atoms with E-state index in [-0.39, 0.29) is 5.69 Å². The number of nitrogens with zero attached hydrogens (tertiary/aromatic N) is 3. The van der Waals surface area contributed by atoms with Gasteiger partial charge >= 0.3 is 5.69 Å². The van der Waals surface area contributed by atoms with Crippen LogP contribution >= 0.6 is 0 Å². The smallest absolute Gasteiger partial charge is 0.351 e. The molecule has 1 heterocycles. The van der Waals surface area contributed by atoms with Crippen LogP contribution in [0.2, 0.25) is 0 Å². The van der Waals surface area contributed by atoms with E-state index in [0.717, 1.165) is 0 Å². The van der Waals surface area contributed by atoms with Gasteiger partial charge in [-0.1, -0.05) is 12.1 Å². The van der Waals surface area contributed by atoms with Crippen molar-refractivity contribution in [3.05, 3.63) is 34.7 Å². The van der Waals surface area contributed by atoms with E-state index in [9.17, 15) is 4.79 Å². The SMILES string of the molecule is CNc1nn(C)c(=O)n1-c1ccccc1OC. The number of nitrogens with one attached hydrogen (secondary N) is 1. The van der Waals surface area contributed by atoms with E-state index < -0.39 is 0 Å². The molecule has 17 heavy (non-hydrogen) atoms. The molecule has 0 amide bonds. The Morgan fingerprint density at radius 2 is 2.06 bits per heavy atom. The molecule has 0 spiro atoms. The number of anilines is 1. The van der Waals surface area contributed by atoms with Gasteiger partial charge in [-0.25, -0.2) is 14.0 Å². The highest BCUT2D eigenvalue weighted by molar-refractivity contribution is 5.50. The lowest BCUT2D eigenvalue weighted by Gasteiger charge is -2.09. The number of benzene rings is 1. The fourth-order valence-corrected chi connectivity index (χ4v) is 1.66. The van der Waals surface area contributed by atoms with Crippen LogP contribution in [0.25, 0.3) is 5.69 Å². The fraction of sp³-hybridized carbons (Fsp3) is 0.273. The van der Waals surface area contributed by atoms with Crippen LogP contribution in [0.1, 0.15) is 0 Å². The maximum atomic E-state index is 12.0. The van der Waals surface area contributed by atoms with Gasteiger partial charge in [0.2, 0.25) is 5.95 Å². The van der Waals surface area contributed by atoms with Gasteiger partial charge in [-0.15, -0.1) is 5.10 Å². The van der Waals surface area contributed by atoms with Gasteiger partial charge in [-0.05, 0) is 12.1 Å². The van der Waals surface area contributed by atoms with Crippen molar-refractivity contribution in [2.24, 2.45) is 7.05 Å². The highest BCUT2D eigenvalue weighted by Crippen LogP contribution is 2.22.